The lowest BCUT2D eigenvalue weighted by atomic mass is 10.2. The van der Waals surface area contributed by atoms with Gasteiger partial charge in [-0.05, 0) is 39.2 Å². The molecule has 0 aliphatic carbocycles. The zero-order chi connectivity index (χ0) is 19.7. The molecule has 148 valence electrons. The van der Waals surface area contributed by atoms with Gasteiger partial charge in [-0.1, -0.05) is 19.9 Å². The molecule has 0 unspecified atom stereocenters. The summed E-state index contributed by atoms with van der Waals surface area (Å²) in [6.45, 7) is 12.0. The number of alkyl carbamates (subject to hydrolysis) is 1. The minimum atomic E-state index is -0.557. The fraction of sp³-hybridized carbons (Fsp3) is 0.737. The predicted octanol–water partition coefficient (Wildman–Crippen LogP) is 2.17. The largest absolute Gasteiger partial charge is 0.444 e. The van der Waals surface area contributed by atoms with Gasteiger partial charge in [0.25, 0.3) is 0 Å². The topological polar surface area (TPSA) is 79.0 Å². The number of rotatable bonds is 5. The molecule has 1 fully saturated rings. The first kappa shape index (κ1) is 22.0. The minimum absolute atomic E-state index is 0.000378. The van der Waals surface area contributed by atoms with Crippen molar-refractivity contribution in [1.29, 1.82) is 0 Å². The fourth-order valence-corrected chi connectivity index (χ4v) is 2.51. The maximum Gasteiger partial charge on any atom is 0.407 e. The Kier molecular flexibility index (Phi) is 8.61. The van der Waals surface area contributed by atoms with Crippen LogP contribution in [0.4, 0.5) is 4.79 Å². The van der Waals surface area contributed by atoms with Crippen molar-refractivity contribution < 1.29 is 19.1 Å². The van der Waals surface area contributed by atoms with Gasteiger partial charge in [-0.25, -0.2) is 4.79 Å². The highest BCUT2D eigenvalue weighted by Crippen LogP contribution is 2.08. The summed E-state index contributed by atoms with van der Waals surface area (Å²) in [7, 11) is 0. The van der Waals surface area contributed by atoms with Crippen LogP contribution in [0, 0.1) is 5.92 Å². The second kappa shape index (κ2) is 10.2. The van der Waals surface area contributed by atoms with E-state index in [-0.39, 0.29) is 24.8 Å². The molecule has 0 radical (unpaired) electrons. The summed E-state index contributed by atoms with van der Waals surface area (Å²) in [5.74, 6) is 0.314. The van der Waals surface area contributed by atoms with Gasteiger partial charge in [-0.2, -0.15) is 0 Å². The number of ether oxygens (including phenoxy) is 1. The van der Waals surface area contributed by atoms with Crippen molar-refractivity contribution in [1.82, 2.24) is 15.1 Å². The van der Waals surface area contributed by atoms with Gasteiger partial charge in [0.05, 0.1) is 0 Å². The number of carbonyl (C=O) groups is 3. The molecule has 1 rings (SSSR count). The first-order valence-electron chi connectivity index (χ1n) is 9.30. The van der Waals surface area contributed by atoms with Crippen molar-refractivity contribution in [3.8, 4) is 0 Å². The third-order valence-corrected chi connectivity index (χ3v) is 3.79. The number of nitrogens with one attached hydrogen (secondary N) is 1. The third kappa shape index (κ3) is 8.87. The van der Waals surface area contributed by atoms with E-state index in [9.17, 15) is 14.4 Å². The number of amides is 3. The Morgan fingerprint density at radius 2 is 1.69 bits per heavy atom. The van der Waals surface area contributed by atoms with Crippen molar-refractivity contribution in [3.63, 3.8) is 0 Å². The van der Waals surface area contributed by atoms with Gasteiger partial charge < -0.3 is 19.9 Å². The van der Waals surface area contributed by atoms with Gasteiger partial charge in [0.15, 0.2) is 0 Å². The molecule has 7 nitrogen and oxygen atoms in total. The van der Waals surface area contributed by atoms with Crippen LogP contribution in [-0.2, 0) is 14.3 Å². The van der Waals surface area contributed by atoms with E-state index in [0.29, 0.717) is 32.1 Å². The highest BCUT2D eigenvalue weighted by Gasteiger charge is 2.21. The summed E-state index contributed by atoms with van der Waals surface area (Å²) in [6.07, 6.45) is 3.97. The van der Waals surface area contributed by atoms with Crippen molar-refractivity contribution in [3.05, 3.63) is 12.2 Å². The average Bonchev–Trinajstić information content (AvgIpc) is 2.76. The van der Waals surface area contributed by atoms with Crippen LogP contribution >= 0.6 is 0 Å². The maximum absolute atomic E-state index is 12.3. The quantitative estimate of drug-likeness (QED) is 0.756. The number of hydrogen-bond donors (Lipinski definition) is 1. The Morgan fingerprint density at radius 3 is 2.31 bits per heavy atom. The van der Waals surface area contributed by atoms with Gasteiger partial charge >= 0.3 is 6.09 Å². The van der Waals surface area contributed by atoms with E-state index in [1.807, 2.05) is 19.9 Å². The lowest BCUT2D eigenvalue weighted by molar-refractivity contribution is -0.131. The van der Waals surface area contributed by atoms with E-state index in [0.717, 1.165) is 6.42 Å². The molecule has 0 aromatic rings. The summed E-state index contributed by atoms with van der Waals surface area (Å²) >= 11 is 0. The lowest BCUT2D eigenvalue weighted by Crippen LogP contribution is -2.39. The Balaban J connectivity index is 2.38. The molecule has 1 aliphatic rings. The molecule has 1 saturated heterocycles. The van der Waals surface area contributed by atoms with Gasteiger partial charge in [0.2, 0.25) is 11.8 Å². The number of hydrogen-bond acceptors (Lipinski definition) is 4. The van der Waals surface area contributed by atoms with Crippen molar-refractivity contribution in [2.45, 2.75) is 53.1 Å². The van der Waals surface area contributed by atoms with Crippen LogP contribution in [0.15, 0.2) is 12.2 Å². The molecule has 26 heavy (non-hydrogen) atoms. The number of carbonyl (C=O) groups excluding carboxylic acids is 3. The molecule has 3 amide bonds. The minimum Gasteiger partial charge on any atom is -0.444 e. The Morgan fingerprint density at radius 1 is 1.08 bits per heavy atom. The molecule has 0 spiro atoms. The van der Waals surface area contributed by atoms with E-state index in [1.165, 1.54) is 0 Å². The summed E-state index contributed by atoms with van der Waals surface area (Å²) in [5, 5.41) is 2.60. The third-order valence-electron chi connectivity index (χ3n) is 3.79. The van der Waals surface area contributed by atoms with E-state index in [4.69, 9.17) is 4.74 Å². The molecule has 0 bridgehead atoms. The fourth-order valence-electron chi connectivity index (χ4n) is 2.51. The van der Waals surface area contributed by atoms with E-state index in [1.54, 1.807) is 36.6 Å². The predicted molar refractivity (Wildman–Crippen MR) is 101 cm³/mol. The second-order valence-electron chi connectivity index (χ2n) is 7.84. The van der Waals surface area contributed by atoms with Crippen LogP contribution in [0.1, 0.15) is 47.5 Å². The average molecular weight is 367 g/mol. The molecule has 0 aromatic carbocycles. The summed E-state index contributed by atoms with van der Waals surface area (Å²) in [6, 6.07) is 0. The second-order valence-corrected chi connectivity index (χ2v) is 7.84. The Hall–Kier alpha value is -2.05. The normalized spacial score (nSPS) is 15.9. The van der Waals surface area contributed by atoms with Gasteiger partial charge in [0, 0.05) is 39.1 Å². The Labute approximate surface area is 156 Å². The molecule has 1 aliphatic heterocycles. The van der Waals surface area contributed by atoms with Gasteiger partial charge in [-0.3, -0.25) is 9.59 Å². The molecule has 1 N–H and O–H groups in total. The van der Waals surface area contributed by atoms with Crippen LogP contribution in [-0.4, -0.2) is 66.0 Å². The van der Waals surface area contributed by atoms with E-state index in [2.05, 4.69) is 5.32 Å². The smallest absolute Gasteiger partial charge is 0.407 e. The first-order chi connectivity index (χ1) is 12.1. The Bertz CT molecular complexity index is 523. The molecular weight excluding hydrogens is 334 g/mol. The first-order valence-corrected chi connectivity index (χ1v) is 9.30. The summed E-state index contributed by atoms with van der Waals surface area (Å²) in [5.41, 5.74) is -0.557. The highest BCUT2D eigenvalue weighted by molar-refractivity contribution is 5.87. The number of nitrogens with zero attached hydrogens (tertiary/aromatic N) is 2. The maximum atomic E-state index is 12.3. The van der Waals surface area contributed by atoms with Crippen molar-refractivity contribution >= 4 is 17.9 Å². The van der Waals surface area contributed by atoms with Crippen molar-refractivity contribution in [2.24, 2.45) is 5.92 Å². The van der Waals surface area contributed by atoms with E-state index < -0.39 is 11.7 Å². The molecule has 0 saturated carbocycles. The van der Waals surface area contributed by atoms with Crippen LogP contribution in [0.3, 0.4) is 0 Å². The van der Waals surface area contributed by atoms with E-state index >= 15 is 0 Å². The molecule has 7 heteroatoms. The molecule has 0 aromatic heterocycles. The molecular formula is C19H33N3O4. The van der Waals surface area contributed by atoms with Crippen molar-refractivity contribution in [2.75, 3.05) is 32.7 Å². The zero-order valence-electron chi connectivity index (χ0n) is 16.7. The highest BCUT2D eigenvalue weighted by atomic mass is 16.6. The standard InChI is InChI=1S/C19H33N3O4/c1-15(2)7-8-16(23)21-11-6-12-22(14-13-21)17(24)9-10-20-18(25)26-19(3,4)5/h7-8,15H,6,9-14H2,1-5H3,(H,20,25)/b8-7+. The molecule has 1 heterocycles. The van der Waals surface area contributed by atoms with Gasteiger partial charge in [0.1, 0.15) is 5.60 Å². The summed E-state index contributed by atoms with van der Waals surface area (Å²) in [4.78, 5) is 39.6. The van der Waals surface area contributed by atoms with Crippen LogP contribution in [0.25, 0.3) is 0 Å². The van der Waals surface area contributed by atoms with Crippen LogP contribution in [0.2, 0.25) is 0 Å². The SMILES string of the molecule is CC(C)/C=C/C(=O)N1CCCN(C(=O)CCNC(=O)OC(C)(C)C)CC1. The zero-order valence-corrected chi connectivity index (χ0v) is 16.7. The number of allylic oxidation sites excluding steroid dienone is 1. The lowest BCUT2D eigenvalue weighted by Gasteiger charge is -2.22. The monoisotopic (exact) mass is 367 g/mol. The van der Waals surface area contributed by atoms with Crippen LogP contribution in [0.5, 0.6) is 0 Å². The van der Waals surface area contributed by atoms with Gasteiger partial charge in [-0.15, -0.1) is 0 Å². The molecule has 0 atom stereocenters. The van der Waals surface area contributed by atoms with Crippen LogP contribution < -0.4 is 5.32 Å². The summed E-state index contributed by atoms with van der Waals surface area (Å²) < 4.78 is 5.14.